The molecule has 6 heteroatoms. The summed E-state index contributed by atoms with van der Waals surface area (Å²) in [6, 6.07) is 60.3. The van der Waals surface area contributed by atoms with Gasteiger partial charge in [0.05, 0.1) is 16.6 Å². The van der Waals surface area contributed by atoms with Gasteiger partial charge in [0.25, 0.3) is 0 Å². The molecule has 7 aromatic carbocycles. The molecule has 0 saturated heterocycles. The Labute approximate surface area is 309 Å². The van der Waals surface area contributed by atoms with Gasteiger partial charge in [0.15, 0.2) is 23.1 Å². The number of hydrogen-bond donors (Lipinski definition) is 0. The second-order valence-electron chi connectivity index (χ2n) is 13.5. The Bertz CT molecular complexity index is 3170. The average molecular weight is 692 g/mol. The van der Waals surface area contributed by atoms with Crippen LogP contribution in [0.1, 0.15) is 0 Å². The van der Waals surface area contributed by atoms with Crippen molar-refractivity contribution in [2.75, 3.05) is 0 Å². The molecule has 252 valence electrons. The Kier molecular flexibility index (Phi) is 6.75. The van der Waals surface area contributed by atoms with E-state index in [1.807, 2.05) is 72.8 Å². The Hall–Kier alpha value is -7.44. The van der Waals surface area contributed by atoms with Gasteiger partial charge in [0.1, 0.15) is 11.3 Å². The van der Waals surface area contributed by atoms with Crippen LogP contribution >= 0.6 is 0 Å². The lowest BCUT2D eigenvalue weighted by atomic mass is 10.0. The predicted octanol–water partition coefficient (Wildman–Crippen LogP) is 12.1. The van der Waals surface area contributed by atoms with Crippen molar-refractivity contribution >= 4 is 54.6 Å². The van der Waals surface area contributed by atoms with Crippen LogP contribution in [0.15, 0.2) is 180 Å². The third-order valence-corrected chi connectivity index (χ3v) is 10.2. The highest BCUT2D eigenvalue weighted by atomic mass is 16.3. The highest BCUT2D eigenvalue weighted by Gasteiger charge is 2.20. The van der Waals surface area contributed by atoms with Crippen LogP contribution in [0, 0.1) is 0 Å². The molecule has 0 amide bonds. The van der Waals surface area contributed by atoms with Gasteiger partial charge in [-0.3, -0.25) is 0 Å². The number of pyridine rings is 1. The molecular formula is C48H29N5O. The minimum atomic E-state index is 0.582. The van der Waals surface area contributed by atoms with Crippen LogP contribution in [0.5, 0.6) is 0 Å². The molecule has 0 unspecified atom stereocenters. The van der Waals surface area contributed by atoms with E-state index in [1.165, 1.54) is 10.8 Å². The van der Waals surface area contributed by atoms with Gasteiger partial charge in [-0.05, 0) is 48.5 Å². The fourth-order valence-corrected chi connectivity index (χ4v) is 7.75. The summed E-state index contributed by atoms with van der Waals surface area (Å²) >= 11 is 0. The number of aromatic nitrogens is 5. The Morgan fingerprint density at radius 2 is 0.944 bits per heavy atom. The van der Waals surface area contributed by atoms with Crippen molar-refractivity contribution in [3.8, 4) is 51.1 Å². The van der Waals surface area contributed by atoms with Gasteiger partial charge in [0, 0.05) is 54.9 Å². The van der Waals surface area contributed by atoms with E-state index in [0.717, 1.165) is 77.5 Å². The number of fused-ring (bicyclic) bond motifs is 8. The fraction of sp³-hybridized carbons (Fsp3) is 0. The van der Waals surface area contributed by atoms with Gasteiger partial charge in [0.2, 0.25) is 0 Å². The van der Waals surface area contributed by atoms with Gasteiger partial charge >= 0.3 is 0 Å². The molecular weight excluding hydrogens is 663 g/mol. The molecule has 0 saturated carbocycles. The average Bonchev–Trinajstić information content (AvgIpc) is 3.80. The van der Waals surface area contributed by atoms with Crippen LogP contribution in [0.2, 0.25) is 0 Å². The first-order valence-corrected chi connectivity index (χ1v) is 18.0. The third kappa shape index (κ3) is 4.81. The monoisotopic (exact) mass is 691 g/mol. The molecule has 0 bridgehead atoms. The largest absolute Gasteiger partial charge is 0.454 e. The van der Waals surface area contributed by atoms with Crippen molar-refractivity contribution in [3.63, 3.8) is 0 Å². The number of para-hydroxylation sites is 3. The third-order valence-electron chi connectivity index (χ3n) is 10.2. The van der Waals surface area contributed by atoms with E-state index in [4.69, 9.17) is 24.4 Å². The van der Waals surface area contributed by atoms with Gasteiger partial charge in [-0.25, -0.2) is 19.9 Å². The molecule has 11 aromatic rings. The SMILES string of the molecule is c1ccc(-c2nc(-c3cccc(-n4c5ccccc5c5ccccc54)c3)nc(-c3ccc4oc5c(-c6ccccc6)nc6ccccc6c5c4c3)n2)cc1. The van der Waals surface area contributed by atoms with E-state index in [0.29, 0.717) is 17.5 Å². The summed E-state index contributed by atoms with van der Waals surface area (Å²) in [5, 5.41) is 5.47. The number of hydrogen-bond acceptors (Lipinski definition) is 5. The first-order valence-electron chi connectivity index (χ1n) is 18.0. The summed E-state index contributed by atoms with van der Waals surface area (Å²) in [5.74, 6) is 1.79. The van der Waals surface area contributed by atoms with E-state index >= 15 is 0 Å². The number of nitrogens with zero attached hydrogens (tertiary/aromatic N) is 5. The molecule has 0 radical (unpaired) electrons. The van der Waals surface area contributed by atoms with Gasteiger partial charge < -0.3 is 8.98 Å². The lowest BCUT2D eigenvalue weighted by Gasteiger charge is -2.11. The highest BCUT2D eigenvalue weighted by Crippen LogP contribution is 2.41. The van der Waals surface area contributed by atoms with Crippen molar-refractivity contribution in [2.45, 2.75) is 0 Å². The standard InChI is InChI=1S/C48H29N5O/c1-3-14-30(15-4-1)44-45-43(37-22-7-10-23-39(37)49-44)38-29-33(26-27-42(38)54-45)48-51-46(31-16-5-2-6-17-31)50-47(52-48)32-18-13-19-34(28-32)53-40-24-11-8-20-35(40)36-21-9-12-25-41(36)53/h1-29H. The molecule has 0 aliphatic heterocycles. The molecule has 4 aromatic heterocycles. The summed E-state index contributed by atoms with van der Waals surface area (Å²) < 4.78 is 8.93. The molecule has 0 fully saturated rings. The molecule has 11 rings (SSSR count). The zero-order chi connectivity index (χ0) is 35.6. The van der Waals surface area contributed by atoms with Crippen molar-refractivity contribution in [1.82, 2.24) is 24.5 Å². The molecule has 0 aliphatic carbocycles. The van der Waals surface area contributed by atoms with Crippen molar-refractivity contribution in [2.24, 2.45) is 0 Å². The predicted molar refractivity (Wildman–Crippen MR) is 218 cm³/mol. The second-order valence-corrected chi connectivity index (χ2v) is 13.5. The molecule has 6 nitrogen and oxygen atoms in total. The normalized spacial score (nSPS) is 11.7. The van der Waals surface area contributed by atoms with Crippen LogP contribution < -0.4 is 0 Å². The van der Waals surface area contributed by atoms with E-state index in [1.54, 1.807) is 0 Å². The van der Waals surface area contributed by atoms with Crippen molar-refractivity contribution in [1.29, 1.82) is 0 Å². The maximum atomic E-state index is 6.61. The number of benzene rings is 7. The minimum Gasteiger partial charge on any atom is -0.454 e. The van der Waals surface area contributed by atoms with Crippen molar-refractivity contribution < 1.29 is 4.42 Å². The zero-order valence-corrected chi connectivity index (χ0v) is 28.9. The maximum absolute atomic E-state index is 6.61. The van der Waals surface area contributed by atoms with Crippen LogP contribution in [0.25, 0.3) is 106 Å². The van der Waals surface area contributed by atoms with Gasteiger partial charge in [-0.1, -0.05) is 127 Å². The molecule has 54 heavy (non-hydrogen) atoms. The van der Waals surface area contributed by atoms with Crippen LogP contribution in [-0.4, -0.2) is 24.5 Å². The second kappa shape index (κ2) is 12.1. The van der Waals surface area contributed by atoms with Crippen molar-refractivity contribution in [3.05, 3.63) is 176 Å². The fourth-order valence-electron chi connectivity index (χ4n) is 7.75. The first kappa shape index (κ1) is 30.2. The lowest BCUT2D eigenvalue weighted by Crippen LogP contribution is -2.01. The van der Waals surface area contributed by atoms with Gasteiger partial charge in [-0.15, -0.1) is 0 Å². The van der Waals surface area contributed by atoms with Gasteiger partial charge in [-0.2, -0.15) is 0 Å². The quantitative estimate of drug-likeness (QED) is 0.180. The van der Waals surface area contributed by atoms with E-state index in [-0.39, 0.29) is 0 Å². The number of rotatable bonds is 5. The van der Waals surface area contributed by atoms with Crippen LogP contribution in [-0.2, 0) is 0 Å². The smallest absolute Gasteiger partial charge is 0.164 e. The highest BCUT2D eigenvalue weighted by molar-refractivity contribution is 6.21. The summed E-state index contributed by atoms with van der Waals surface area (Å²) in [5.41, 5.74) is 10.3. The molecule has 4 heterocycles. The van der Waals surface area contributed by atoms with E-state index in [2.05, 4.69) is 108 Å². The minimum absolute atomic E-state index is 0.582. The van der Waals surface area contributed by atoms with E-state index in [9.17, 15) is 0 Å². The molecule has 0 N–H and O–H groups in total. The maximum Gasteiger partial charge on any atom is 0.164 e. The Morgan fingerprint density at radius 1 is 0.389 bits per heavy atom. The van der Waals surface area contributed by atoms with Crippen LogP contribution in [0.3, 0.4) is 0 Å². The number of furan rings is 1. The summed E-state index contributed by atoms with van der Waals surface area (Å²) in [7, 11) is 0. The summed E-state index contributed by atoms with van der Waals surface area (Å²) in [6.45, 7) is 0. The molecule has 0 atom stereocenters. The zero-order valence-electron chi connectivity index (χ0n) is 28.9. The van der Waals surface area contributed by atoms with Crippen LogP contribution in [0.4, 0.5) is 0 Å². The Balaban J connectivity index is 1.12. The van der Waals surface area contributed by atoms with E-state index < -0.39 is 0 Å². The molecule has 0 aliphatic rings. The first-order chi connectivity index (χ1) is 26.8. The Morgan fingerprint density at radius 3 is 1.65 bits per heavy atom. The summed E-state index contributed by atoms with van der Waals surface area (Å²) in [4.78, 5) is 20.4. The topological polar surface area (TPSA) is 69.6 Å². The lowest BCUT2D eigenvalue weighted by molar-refractivity contribution is 0.669. The molecule has 0 spiro atoms. The summed E-state index contributed by atoms with van der Waals surface area (Å²) in [6.07, 6.45) is 0.